The van der Waals surface area contributed by atoms with E-state index in [0.29, 0.717) is 13.1 Å². The lowest BCUT2D eigenvalue weighted by molar-refractivity contribution is -0.459. The summed E-state index contributed by atoms with van der Waals surface area (Å²) < 4.78 is 23.8. The molecule has 0 spiro atoms. The lowest BCUT2D eigenvalue weighted by Crippen LogP contribution is -2.38. The van der Waals surface area contributed by atoms with Crippen molar-refractivity contribution in [2.45, 2.75) is 19.3 Å². The highest BCUT2D eigenvalue weighted by Gasteiger charge is 2.28. The molecule has 1 aliphatic heterocycles. The van der Waals surface area contributed by atoms with Crippen LogP contribution < -0.4 is 0 Å². The molecule has 0 saturated carbocycles. The Morgan fingerprint density at radius 1 is 1.23 bits per heavy atom. The first kappa shape index (κ1) is 10.4. The molecular formula is C6H12N2O4S. The van der Waals surface area contributed by atoms with Crippen molar-refractivity contribution >= 4 is 10.0 Å². The zero-order valence-electron chi connectivity index (χ0n) is 7.18. The molecular weight excluding hydrogens is 196 g/mol. The van der Waals surface area contributed by atoms with Gasteiger partial charge < -0.3 is 0 Å². The van der Waals surface area contributed by atoms with E-state index >= 15 is 0 Å². The lowest BCUT2D eigenvalue weighted by Gasteiger charge is -2.23. The van der Waals surface area contributed by atoms with Crippen molar-refractivity contribution in [2.24, 2.45) is 0 Å². The van der Waals surface area contributed by atoms with Crippen LogP contribution in [0.15, 0.2) is 0 Å². The predicted molar refractivity (Wildman–Crippen MR) is 46.2 cm³/mol. The molecule has 1 aliphatic rings. The molecule has 0 atom stereocenters. The van der Waals surface area contributed by atoms with Crippen LogP contribution in [0.5, 0.6) is 0 Å². The molecule has 1 fully saturated rings. The molecule has 0 radical (unpaired) electrons. The molecule has 7 heteroatoms. The first-order valence-electron chi connectivity index (χ1n) is 4.12. The van der Waals surface area contributed by atoms with E-state index in [1.165, 1.54) is 4.31 Å². The molecule has 1 rings (SSSR count). The summed E-state index contributed by atoms with van der Waals surface area (Å²) in [5.74, 6) is -0.979. The van der Waals surface area contributed by atoms with Gasteiger partial charge in [-0.15, -0.1) is 0 Å². The third kappa shape index (κ3) is 2.92. The summed E-state index contributed by atoms with van der Waals surface area (Å²) >= 11 is 0. The van der Waals surface area contributed by atoms with Crippen molar-refractivity contribution in [3.05, 3.63) is 10.1 Å². The molecule has 1 heterocycles. The Bertz CT molecular complexity index is 281. The zero-order chi connectivity index (χ0) is 9.90. The fraction of sp³-hybridized carbons (Fsp3) is 1.00. The van der Waals surface area contributed by atoms with Crippen molar-refractivity contribution in [3.8, 4) is 0 Å². The number of rotatable bonds is 3. The van der Waals surface area contributed by atoms with E-state index in [4.69, 9.17) is 0 Å². The van der Waals surface area contributed by atoms with Gasteiger partial charge in [-0.05, 0) is 12.8 Å². The Balaban J connectivity index is 2.62. The molecule has 0 aromatic rings. The maximum Gasteiger partial charge on any atom is 0.315 e. The average molecular weight is 208 g/mol. The van der Waals surface area contributed by atoms with E-state index in [2.05, 4.69) is 0 Å². The second-order valence-corrected chi connectivity index (χ2v) is 4.97. The van der Waals surface area contributed by atoms with Gasteiger partial charge in [0.15, 0.2) is 0 Å². The fourth-order valence-corrected chi connectivity index (χ4v) is 2.60. The SMILES string of the molecule is O=[N+]([O-])CS(=O)(=O)N1CCCCC1. The zero-order valence-corrected chi connectivity index (χ0v) is 7.99. The van der Waals surface area contributed by atoms with E-state index in [1.54, 1.807) is 0 Å². The molecule has 0 N–H and O–H groups in total. The van der Waals surface area contributed by atoms with Crippen LogP contribution in [0.1, 0.15) is 19.3 Å². The van der Waals surface area contributed by atoms with Gasteiger partial charge >= 0.3 is 5.88 Å². The summed E-state index contributed by atoms with van der Waals surface area (Å²) in [6.07, 6.45) is 2.61. The Morgan fingerprint density at radius 2 is 1.77 bits per heavy atom. The topological polar surface area (TPSA) is 80.5 Å². The largest absolute Gasteiger partial charge is 0.315 e. The Morgan fingerprint density at radius 3 is 2.23 bits per heavy atom. The van der Waals surface area contributed by atoms with Gasteiger partial charge in [-0.3, -0.25) is 10.1 Å². The van der Waals surface area contributed by atoms with Crippen LogP contribution >= 0.6 is 0 Å². The molecule has 0 aliphatic carbocycles. The Hall–Kier alpha value is -0.690. The second kappa shape index (κ2) is 4.01. The maximum atomic E-state index is 11.3. The normalized spacial score (nSPS) is 20.0. The van der Waals surface area contributed by atoms with Crippen LogP contribution in [-0.4, -0.2) is 36.6 Å². The minimum absolute atomic E-state index is 0.427. The summed E-state index contributed by atoms with van der Waals surface area (Å²) in [7, 11) is -3.65. The van der Waals surface area contributed by atoms with Gasteiger partial charge in [0, 0.05) is 18.0 Å². The summed E-state index contributed by atoms with van der Waals surface area (Å²) in [4.78, 5) is 9.26. The Labute approximate surface area is 76.7 Å². The van der Waals surface area contributed by atoms with Gasteiger partial charge in [-0.25, -0.2) is 8.42 Å². The summed E-state index contributed by atoms with van der Waals surface area (Å²) in [6, 6.07) is 0. The monoisotopic (exact) mass is 208 g/mol. The standard InChI is InChI=1S/C6H12N2O4S/c9-8(10)6-13(11,12)7-4-2-1-3-5-7/h1-6H2. The van der Waals surface area contributed by atoms with Crippen molar-refractivity contribution in [1.82, 2.24) is 4.31 Å². The van der Waals surface area contributed by atoms with E-state index in [1.807, 2.05) is 0 Å². The molecule has 13 heavy (non-hydrogen) atoms. The second-order valence-electron chi connectivity index (χ2n) is 3.03. The van der Waals surface area contributed by atoms with Gasteiger partial charge in [-0.1, -0.05) is 6.42 Å². The number of hydrogen-bond acceptors (Lipinski definition) is 4. The molecule has 1 saturated heterocycles. The third-order valence-electron chi connectivity index (χ3n) is 1.98. The van der Waals surface area contributed by atoms with Gasteiger partial charge in [-0.2, -0.15) is 4.31 Å². The van der Waals surface area contributed by atoms with Crippen molar-refractivity contribution in [1.29, 1.82) is 0 Å². The van der Waals surface area contributed by atoms with Crippen LogP contribution in [0.3, 0.4) is 0 Å². The molecule has 6 nitrogen and oxygen atoms in total. The quantitative estimate of drug-likeness (QED) is 0.484. The first-order valence-corrected chi connectivity index (χ1v) is 5.73. The smallest absolute Gasteiger partial charge is 0.263 e. The molecule has 0 amide bonds. The third-order valence-corrected chi connectivity index (χ3v) is 3.67. The minimum Gasteiger partial charge on any atom is -0.263 e. The summed E-state index contributed by atoms with van der Waals surface area (Å²) in [5.41, 5.74) is 0. The van der Waals surface area contributed by atoms with Gasteiger partial charge in [0.25, 0.3) is 10.0 Å². The summed E-state index contributed by atoms with van der Waals surface area (Å²) in [6.45, 7) is 0.854. The minimum atomic E-state index is -3.65. The summed E-state index contributed by atoms with van der Waals surface area (Å²) in [5, 5.41) is 10.1. The predicted octanol–water partition coefficient (Wildman–Crippen LogP) is 0.0363. The number of piperidine rings is 1. The van der Waals surface area contributed by atoms with Crippen LogP contribution in [0.2, 0.25) is 0 Å². The highest BCUT2D eigenvalue weighted by Crippen LogP contribution is 2.13. The number of nitro groups is 1. The van der Waals surface area contributed by atoms with Crippen LogP contribution in [0, 0.1) is 10.1 Å². The molecule has 0 aromatic heterocycles. The van der Waals surface area contributed by atoms with E-state index in [0.717, 1.165) is 19.3 Å². The van der Waals surface area contributed by atoms with Gasteiger partial charge in [0.05, 0.1) is 0 Å². The fourth-order valence-electron chi connectivity index (χ4n) is 1.36. The number of sulfonamides is 1. The van der Waals surface area contributed by atoms with Crippen LogP contribution in [0.4, 0.5) is 0 Å². The van der Waals surface area contributed by atoms with E-state index in [-0.39, 0.29) is 0 Å². The lowest BCUT2D eigenvalue weighted by atomic mass is 10.2. The highest BCUT2D eigenvalue weighted by atomic mass is 32.2. The molecule has 0 bridgehead atoms. The highest BCUT2D eigenvalue weighted by molar-refractivity contribution is 7.88. The van der Waals surface area contributed by atoms with Crippen LogP contribution in [-0.2, 0) is 10.0 Å². The Kier molecular flexibility index (Phi) is 3.21. The van der Waals surface area contributed by atoms with E-state index < -0.39 is 20.8 Å². The number of nitrogens with zero attached hydrogens (tertiary/aromatic N) is 2. The maximum absolute atomic E-state index is 11.3. The molecule has 76 valence electrons. The van der Waals surface area contributed by atoms with Crippen molar-refractivity contribution in [2.75, 3.05) is 19.0 Å². The number of hydrogen-bond donors (Lipinski definition) is 0. The van der Waals surface area contributed by atoms with Crippen molar-refractivity contribution < 1.29 is 13.3 Å². The van der Waals surface area contributed by atoms with E-state index in [9.17, 15) is 18.5 Å². The molecule has 0 aromatic carbocycles. The van der Waals surface area contributed by atoms with Crippen molar-refractivity contribution in [3.63, 3.8) is 0 Å². The molecule has 0 unspecified atom stereocenters. The van der Waals surface area contributed by atoms with Gasteiger partial charge in [0.1, 0.15) is 0 Å². The van der Waals surface area contributed by atoms with Crippen LogP contribution in [0.25, 0.3) is 0 Å². The van der Waals surface area contributed by atoms with Gasteiger partial charge in [0.2, 0.25) is 0 Å². The first-order chi connectivity index (χ1) is 6.02. The average Bonchev–Trinajstić information content (AvgIpc) is 2.04.